The number of thiocarbonyl (C=S) groups is 1. The highest BCUT2D eigenvalue weighted by atomic mass is 35.5. The van der Waals surface area contributed by atoms with Gasteiger partial charge in [-0.1, -0.05) is 11.6 Å². The Morgan fingerprint density at radius 2 is 2.36 bits per heavy atom. The summed E-state index contributed by atoms with van der Waals surface area (Å²) >= 11 is 11.1. The predicted molar refractivity (Wildman–Crippen MR) is 88.6 cm³/mol. The first-order chi connectivity index (χ1) is 10.5. The Bertz CT molecular complexity index is 570. The van der Waals surface area contributed by atoms with Crippen LogP contribution in [0.4, 0.5) is 10.1 Å². The highest BCUT2D eigenvalue weighted by Gasteiger charge is 2.28. The third-order valence-corrected chi connectivity index (χ3v) is 4.15. The molecule has 120 valence electrons. The van der Waals surface area contributed by atoms with E-state index in [-0.39, 0.29) is 16.9 Å². The molecule has 1 aromatic rings. The summed E-state index contributed by atoms with van der Waals surface area (Å²) < 4.78 is 18.2. The Morgan fingerprint density at radius 3 is 3.05 bits per heavy atom. The predicted octanol–water partition coefficient (Wildman–Crippen LogP) is 3.45. The van der Waals surface area contributed by atoms with Gasteiger partial charge in [-0.05, 0) is 50.2 Å². The summed E-state index contributed by atoms with van der Waals surface area (Å²) in [5.41, 5.74) is 0.620. The lowest BCUT2D eigenvalue weighted by atomic mass is 9.98. The number of nitrogens with one attached hydrogen (secondary N) is 1. The lowest BCUT2D eigenvalue weighted by Gasteiger charge is -2.33. The summed E-state index contributed by atoms with van der Waals surface area (Å²) in [4.78, 5) is 13.8. The first kappa shape index (κ1) is 17.0. The molecule has 0 spiro atoms. The number of anilines is 1. The van der Waals surface area contributed by atoms with Gasteiger partial charge in [-0.15, -0.1) is 0 Å². The number of halogens is 2. The molecule has 2 rings (SSSR count). The summed E-state index contributed by atoms with van der Waals surface area (Å²) in [6.07, 6.45) is 1.68. The normalized spacial score (nSPS) is 18.0. The highest BCUT2D eigenvalue weighted by Crippen LogP contribution is 2.22. The van der Waals surface area contributed by atoms with Crippen molar-refractivity contribution in [3.63, 3.8) is 0 Å². The van der Waals surface area contributed by atoms with Crippen molar-refractivity contribution in [2.24, 2.45) is 5.92 Å². The third-order valence-electron chi connectivity index (χ3n) is 3.50. The van der Waals surface area contributed by atoms with Crippen molar-refractivity contribution in [1.29, 1.82) is 0 Å². The monoisotopic (exact) mass is 344 g/mol. The molecule has 0 aromatic heterocycles. The number of carbonyl (C=O) groups excluding carboxylic acids is 1. The lowest BCUT2D eigenvalue weighted by Crippen LogP contribution is -2.44. The van der Waals surface area contributed by atoms with Crippen molar-refractivity contribution in [1.82, 2.24) is 4.90 Å². The number of hydrogen-bond acceptors (Lipinski definition) is 3. The van der Waals surface area contributed by atoms with Gasteiger partial charge in [0.2, 0.25) is 0 Å². The molecule has 1 aliphatic rings. The van der Waals surface area contributed by atoms with Crippen LogP contribution in [0.1, 0.15) is 19.8 Å². The van der Waals surface area contributed by atoms with E-state index in [0.29, 0.717) is 24.0 Å². The fourth-order valence-electron chi connectivity index (χ4n) is 2.39. The second-order valence-corrected chi connectivity index (χ2v) is 5.89. The van der Waals surface area contributed by atoms with Gasteiger partial charge >= 0.3 is 5.97 Å². The van der Waals surface area contributed by atoms with Crippen LogP contribution < -0.4 is 5.32 Å². The molecule has 1 fully saturated rings. The number of nitrogens with zero attached hydrogens (tertiary/aromatic N) is 1. The Balaban J connectivity index is 1.96. The van der Waals surface area contributed by atoms with Crippen molar-refractivity contribution >= 4 is 40.6 Å². The molecule has 0 aliphatic carbocycles. The molecule has 0 radical (unpaired) electrons. The van der Waals surface area contributed by atoms with Gasteiger partial charge in [0.1, 0.15) is 5.82 Å². The van der Waals surface area contributed by atoms with Crippen LogP contribution in [0.25, 0.3) is 0 Å². The molecule has 4 nitrogen and oxygen atoms in total. The highest BCUT2D eigenvalue weighted by molar-refractivity contribution is 7.80. The summed E-state index contributed by atoms with van der Waals surface area (Å²) in [7, 11) is 0. The van der Waals surface area contributed by atoms with Crippen LogP contribution in [0.15, 0.2) is 18.2 Å². The van der Waals surface area contributed by atoms with Gasteiger partial charge in [0.25, 0.3) is 0 Å². The molecule has 1 heterocycles. The number of benzene rings is 1. The van der Waals surface area contributed by atoms with Gasteiger partial charge in [-0.25, -0.2) is 4.39 Å². The number of likely N-dealkylation sites (tertiary alicyclic amines) is 1. The first-order valence-corrected chi connectivity index (χ1v) is 7.97. The minimum absolute atomic E-state index is 0.0378. The molecule has 1 N–H and O–H groups in total. The number of ether oxygens (including phenoxy) is 1. The summed E-state index contributed by atoms with van der Waals surface area (Å²) in [6.45, 7) is 3.48. The number of carbonyl (C=O) groups is 1. The average molecular weight is 345 g/mol. The van der Waals surface area contributed by atoms with Crippen molar-refractivity contribution in [2.75, 3.05) is 25.0 Å². The van der Waals surface area contributed by atoms with Crippen LogP contribution in [0, 0.1) is 11.7 Å². The maximum atomic E-state index is 13.1. The van der Waals surface area contributed by atoms with Gasteiger partial charge in [0.15, 0.2) is 5.11 Å². The zero-order chi connectivity index (χ0) is 16.1. The van der Waals surface area contributed by atoms with Crippen molar-refractivity contribution < 1.29 is 13.9 Å². The van der Waals surface area contributed by atoms with E-state index >= 15 is 0 Å². The van der Waals surface area contributed by atoms with Crippen LogP contribution in [0.3, 0.4) is 0 Å². The Morgan fingerprint density at radius 1 is 1.59 bits per heavy atom. The maximum absolute atomic E-state index is 13.1. The smallest absolute Gasteiger partial charge is 0.310 e. The van der Waals surface area contributed by atoms with Crippen LogP contribution in [0.2, 0.25) is 5.02 Å². The van der Waals surface area contributed by atoms with E-state index < -0.39 is 5.82 Å². The fraction of sp³-hybridized carbons (Fsp3) is 0.467. The number of esters is 1. The molecule has 0 amide bonds. The molecular weight excluding hydrogens is 327 g/mol. The molecule has 1 unspecified atom stereocenters. The molecular formula is C15H18ClFN2O2S. The van der Waals surface area contributed by atoms with E-state index in [9.17, 15) is 9.18 Å². The van der Waals surface area contributed by atoms with Gasteiger partial charge in [-0.2, -0.15) is 0 Å². The van der Waals surface area contributed by atoms with Gasteiger partial charge in [-0.3, -0.25) is 4.79 Å². The van der Waals surface area contributed by atoms with E-state index in [1.54, 1.807) is 13.0 Å². The van der Waals surface area contributed by atoms with Crippen molar-refractivity contribution in [3.8, 4) is 0 Å². The summed E-state index contributed by atoms with van der Waals surface area (Å²) in [5.74, 6) is -0.816. The second kappa shape index (κ2) is 7.74. The van der Waals surface area contributed by atoms with E-state index in [1.165, 1.54) is 12.1 Å². The van der Waals surface area contributed by atoms with Gasteiger partial charge in [0.05, 0.1) is 17.5 Å². The topological polar surface area (TPSA) is 41.6 Å². The summed E-state index contributed by atoms with van der Waals surface area (Å²) in [5, 5.41) is 3.56. The van der Waals surface area contributed by atoms with Crippen LogP contribution in [-0.4, -0.2) is 35.7 Å². The average Bonchev–Trinajstić information content (AvgIpc) is 2.51. The van der Waals surface area contributed by atoms with E-state index in [1.807, 2.05) is 4.90 Å². The van der Waals surface area contributed by atoms with E-state index in [4.69, 9.17) is 28.6 Å². The molecule has 22 heavy (non-hydrogen) atoms. The van der Waals surface area contributed by atoms with Crippen LogP contribution in [-0.2, 0) is 9.53 Å². The fourth-order valence-corrected chi connectivity index (χ4v) is 2.85. The molecule has 1 aromatic carbocycles. The van der Waals surface area contributed by atoms with E-state index in [0.717, 1.165) is 19.4 Å². The summed E-state index contributed by atoms with van der Waals surface area (Å²) in [6, 6.07) is 4.33. The number of hydrogen-bond donors (Lipinski definition) is 1. The van der Waals surface area contributed by atoms with E-state index in [2.05, 4.69) is 5.32 Å². The Hall–Kier alpha value is -1.40. The minimum Gasteiger partial charge on any atom is -0.466 e. The standard InChI is InChI=1S/C15H18ClFN2O2S/c1-2-21-14(20)10-4-3-7-19(9-10)15(22)18-11-5-6-13(17)12(16)8-11/h5-6,8,10H,2-4,7,9H2,1H3,(H,18,22). The van der Waals surface area contributed by atoms with Crippen molar-refractivity contribution in [2.45, 2.75) is 19.8 Å². The van der Waals surface area contributed by atoms with Crippen LogP contribution in [0.5, 0.6) is 0 Å². The molecule has 1 saturated heterocycles. The quantitative estimate of drug-likeness (QED) is 0.672. The Labute approximate surface area is 139 Å². The zero-order valence-electron chi connectivity index (χ0n) is 12.3. The zero-order valence-corrected chi connectivity index (χ0v) is 13.8. The number of piperidine rings is 1. The lowest BCUT2D eigenvalue weighted by molar-refractivity contribution is -0.149. The molecule has 1 atom stereocenters. The SMILES string of the molecule is CCOC(=O)C1CCCN(C(=S)Nc2ccc(F)c(Cl)c2)C1. The molecule has 0 saturated carbocycles. The Kier molecular flexibility index (Phi) is 5.97. The van der Waals surface area contributed by atoms with Gasteiger partial charge in [0, 0.05) is 18.8 Å². The first-order valence-electron chi connectivity index (χ1n) is 7.19. The van der Waals surface area contributed by atoms with Crippen LogP contribution >= 0.6 is 23.8 Å². The third kappa shape index (κ3) is 4.30. The largest absolute Gasteiger partial charge is 0.466 e. The maximum Gasteiger partial charge on any atom is 0.310 e. The molecule has 7 heteroatoms. The second-order valence-electron chi connectivity index (χ2n) is 5.10. The number of rotatable bonds is 3. The molecule has 1 aliphatic heterocycles. The minimum atomic E-state index is -0.474. The molecule has 0 bridgehead atoms. The van der Waals surface area contributed by atoms with Crippen molar-refractivity contribution in [3.05, 3.63) is 29.0 Å². The van der Waals surface area contributed by atoms with Gasteiger partial charge < -0.3 is 15.0 Å².